The molecule has 130 valence electrons. The fraction of sp³-hybridized carbons (Fsp3) is 0.588. The largest absolute Gasteiger partial charge is 0.464 e. The van der Waals surface area contributed by atoms with Crippen LogP contribution < -0.4 is 0 Å². The molecule has 5 nitrogen and oxygen atoms in total. The molecule has 0 amide bonds. The summed E-state index contributed by atoms with van der Waals surface area (Å²) in [6.45, 7) is 8.09. The van der Waals surface area contributed by atoms with Crippen molar-refractivity contribution in [1.82, 2.24) is 4.31 Å². The first kappa shape index (κ1) is 19.6. The summed E-state index contributed by atoms with van der Waals surface area (Å²) >= 11 is 0. The number of nitrogens with zero attached hydrogens (tertiary/aromatic N) is 1. The molecule has 0 aromatic rings. The van der Waals surface area contributed by atoms with E-state index in [9.17, 15) is 13.2 Å². The lowest BCUT2D eigenvalue weighted by Gasteiger charge is -2.31. The van der Waals surface area contributed by atoms with Gasteiger partial charge in [-0.1, -0.05) is 31.4 Å². The predicted molar refractivity (Wildman–Crippen MR) is 92.5 cm³/mol. The highest BCUT2D eigenvalue weighted by Gasteiger charge is 2.35. The number of sulfonamides is 1. The molecule has 1 atom stereocenters. The van der Waals surface area contributed by atoms with E-state index in [-0.39, 0.29) is 0 Å². The number of carbonyl (C=O) groups is 1. The molecule has 0 aromatic carbocycles. The van der Waals surface area contributed by atoms with Gasteiger partial charge in [0.1, 0.15) is 6.04 Å². The maximum absolute atomic E-state index is 12.1. The van der Waals surface area contributed by atoms with E-state index in [1.165, 1.54) is 4.31 Å². The third-order valence-electron chi connectivity index (χ3n) is 3.85. The van der Waals surface area contributed by atoms with Crippen molar-refractivity contribution in [3.63, 3.8) is 0 Å². The lowest BCUT2D eigenvalue weighted by Crippen LogP contribution is -2.48. The minimum atomic E-state index is -3.37. The van der Waals surface area contributed by atoms with Gasteiger partial charge in [0.2, 0.25) is 10.0 Å². The van der Waals surface area contributed by atoms with E-state index in [0.29, 0.717) is 19.6 Å². The monoisotopic (exact) mass is 341 g/mol. The third kappa shape index (κ3) is 6.71. The molecule has 1 aliphatic rings. The number of ether oxygens (including phenoxy) is 1. The summed E-state index contributed by atoms with van der Waals surface area (Å²) in [7, 11) is -3.37. The highest BCUT2D eigenvalue weighted by atomic mass is 32.2. The highest BCUT2D eigenvalue weighted by molar-refractivity contribution is 7.88. The molecule has 0 aromatic heterocycles. The first-order chi connectivity index (χ1) is 10.9. The summed E-state index contributed by atoms with van der Waals surface area (Å²) in [5, 5.41) is 0. The van der Waals surface area contributed by atoms with E-state index >= 15 is 0 Å². The van der Waals surface area contributed by atoms with E-state index in [1.807, 2.05) is 6.08 Å². The molecule has 1 unspecified atom stereocenters. The van der Waals surface area contributed by atoms with Gasteiger partial charge in [-0.3, -0.25) is 4.79 Å². The molecule has 0 spiro atoms. The Kier molecular flexibility index (Phi) is 8.26. The lowest BCUT2D eigenvalue weighted by molar-refractivity contribution is -0.149. The van der Waals surface area contributed by atoms with Gasteiger partial charge < -0.3 is 4.74 Å². The van der Waals surface area contributed by atoms with Crippen molar-refractivity contribution in [3.05, 3.63) is 37.0 Å². The first-order valence-electron chi connectivity index (χ1n) is 7.97. The summed E-state index contributed by atoms with van der Waals surface area (Å²) in [5.74, 6) is -0.430. The van der Waals surface area contributed by atoms with Gasteiger partial charge in [-0.25, -0.2) is 8.42 Å². The van der Waals surface area contributed by atoms with Gasteiger partial charge in [0.15, 0.2) is 0 Å². The molecule has 1 aliphatic heterocycles. The molecule has 23 heavy (non-hydrogen) atoms. The predicted octanol–water partition coefficient (Wildman–Crippen LogP) is 2.81. The van der Waals surface area contributed by atoms with Crippen LogP contribution in [0.25, 0.3) is 0 Å². The Balaban J connectivity index is 2.39. The lowest BCUT2D eigenvalue weighted by atomic mass is 10.1. The minimum absolute atomic E-state index is 0.311. The van der Waals surface area contributed by atoms with Gasteiger partial charge in [-0.15, -0.1) is 0 Å². The molecule has 1 saturated heterocycles. The topological polar surface area (TPSA) is 63.7 Å². The second-order valence-electron chi connectivity index (χ2n) is 5.69. The summed E-state index contributed by atoms with van der Waals surface area (Å²) in [5.41, 5.74) is 1.10. The van der Waals surface area contributed by atoms with E-state index in [4.69, 9.17) is 4.74 Å². The maximum atomic E-state index is 12.1. The average Bonchev–Trinajstić information content (AvgIpc) is 2.52. The van der Waals surface area contributed by atoms with E-state index in [1.54, 1.807) is 12.2 Å². The van der Waals surface area contributed by atoms with E-state index in [2.05, 4.69) is 13.2 Å². The van der Waals surface area contributed by atoms with Crippen molar-refractivity contribution < 1.29 is 17.9 Å². The summed E-state index contributed by atoms with van der Waals surface area (Å²) in [6, 6.07) is -0.664. The summed E-state index contributed by atoms with van der Waals surface area (Å²) in [6.07, 6.45) is 11.2. The van der Waals surface area contributed by atoms with Crippen LogP contribution in [0.4, 0.5) is 0 Å². The van der Waals surface area contributed by atoms with Gasteiger partial charge in [0.05, 0.1) is 12.9 Å². The molecule has 1 fully saturated rings. The first-order valence-corrected chi connectivity index (χ1v) is 9.82. The zero-order chi connectivity index (χ0) is 17.3. The molecule has 0 bridgehead atoms. The van der Waals surface area contributed by atoms with Gasteiger partial charge >= 0.3 is 5.97 Å². The molecular formula is C17H27NO4S. The van der Waals surface area contributed by atoms with Crippen LogP contribution in [0, 0.1) is 0 Å². The van der Waals surface area contributed by atoms with Crippen molar-refractivity contribution in [1.29, 1.82) is 0 Å². The zero-order valence-electron chi connectivity index (χ0n) is 13.9. The molecule has 6 heteroatoms. The average molecular weight is 341 g/mol. The number of piperidine rings is 1. The van der Waals surface area contributed by atoms with Crippen LogP contribution in [0.5, 0.6) is 0 Å². The van der Waals surface area contributed by atoms with Crippen LogP contribution in [-0.4, -0.2) is 44.1 Å². The Morgan fingerprint density at radius 3 is 2.65 bits per heavy atom. The van der Waals surface area contributed by atoms with Crippen molar-refractivity contribution in [2.24, 2.45) is 0 Å². The number of rotatable bonds is 9. The molecule has 0 saturated carbocycles. The number of hydrogen-bond donors (Lipinski definition) is 0. The number of carbonyl (C=O) groups excluding carboxylic acids is 1. The van der Waals surface area contributed by atoms with Crippen molar-refractivity contribution in [3.8, 4) is 0 Å². The number of unbranched alkanes of at least 4 members (excludes halogenated alkanes) is 1. The second-order valence-corrected chi connectivity index (χ2v) is 7.63. The highest BCUT2D eigenvalue weighted by Crippen LogP contribution is 2.21. The van der Waals surface area contributed by atoms with Gasteiger partial charge in [-0.2, -0.15) is 4.31 Å². The zero-order valence-corrected chi connectivity index (χ0v) is 14.7. The van der Waals surface area contributed by atoms with E-state index in [0.717, 1.165) is 43.9 Å². The number of hydrogen-bond acceptors (Lipinski definition) is 4. The Bertz CT molecular complexity index is 551. The molecule has 1 heterocycles. The Labute approximate surface area is 139 Å². The Morgan fingerprint density at radius 1 is 1.30 bits per heavy atom. The van der Waals surface area contributed by atoms with Crippen molar-refractivity contribution >= 4 is 16.0 Å². The maximum Gasteiger partial charge on any atom is 0.324 e. The molecular weight excluding hydrogens is 314 g/mol. The fourth-order valence-electron chi connectivity index (χ4n) is 2.64. The number of allylic oxidation sites excluding steroid dienone is 4. The van der Waals surface area contributed by atoms with E-state index < -0.39 is 22.0 Å². The normalized spacial score (nSPS) is 20.0. The molecule has 1 rings (SSSR count). The van der Waals surface area contributed by atoms with Crippen LogP contribution >= 0.6 is 0 Å². The van der Waals surface area contributed by atoms with Crippen LogP contribution in [0.1, 0.15) is 38.5 Å². The summed E-state index contributed by atoms with van der Waals surface area (Å²) in [4.78, 5) is 12.1. The van der Waals surface area contributed by atoms with Gasteiger partial charge in [-0.05, 0) is 44.1 Å². The minimum Gasteiger partial charge on any atom is -0.464 e. The van der Waals surface area contributed by atoms with Gasteiger partial charge in [0, 0.05) is 6.54 Å². The van der Waals surface area contributed by atoms with Crippen molar-refractivity contribution in [2.75, 3.05) is 19.4 Å². The second kappa shape index (κ2) is 9.67. The number of esters is 1. The SMILES string of the molecule is C=C/C=C(\C=C)CCCCOC(=O)C1CCCCN1S(C)(=O)=O. The fourth-order valence-corrected chi connectivity index (χ4v) is 3.76. The van der Waals surface area contributed by atoms with Crippen LogP contribution in [0.15, 0.2) is 37.0 Å². The smallest absolute Gasteiger partial charge is 0.324 e. The third-order valence-corrected chi connectivity index (χ3v) is 5.14. The van der Waals surface area contributed by atoms with Crippen LogP contribution in [0.2, 0.25) is 0 Å². The van der Waals surface area contributed by atoms with Gasteiger partial charge in [0.25, 0.3) is 0 Å². The van der Waals surface area contributed by atoms with Crippen molar-refractivity contribution in [2.45, 2.75) is 44.6 Å². The Hall–Kier alpha value is -1.40. The molecule has 0 N–H and O–H groups in total. The Morgan fingerprint density at radius 2 is 2.04 bits per heavy atom. The summed E-state index contributed by atoms with van der Waals surface area (Å²) < 4.78 is 30.0. The quantitative estimate of drug-likeness (QED) is 0.367. The molecule has 0 radical (unpaired) electrons. The standard InChI is InChI=1S/C17H27NO4S/c1-4-10-15(5-2)11-7-9-14-22-17(19)16-12-6-8-13-18(16)23(3,20)21/h4-5,10,16H,1-2,6-9,11-14H2,3H3/b15-10+. The van der Waals surface area contributed by atoms with Crippen LogP contribution in [0.3, 0.4) is 0 Å². The van der Waals surface area contributed by atoms with Crippen LogP contribution in [-0.2, 0) is 19.6 Å². The molecule has 0 aliphatic carbocycles.